The van der Waals surface area contributed by atoms with Crippen LogP contribution in [0.25, 0.3) is 0 Å². The zero-order chi connectivity index (χ0) is 26.6. The van der Waals surface area contributed by atoms with Crippen LogP contribution in [0.4, 0.5) is 16.0 Å². The number of halogens is 2. The highest BCUT2D eigenvalue weighted by molar-refractivity contribution is 6.30. The Bertz CT molecular complexity index is 1360. The molecule has 2 aromatic carbocycles. The lowest BCUT2D eigenvalue weighted by Gasteiger charge is -2.21. The number of nitrogens with one attached hydrogen (secondary N) is 1. The molecule has 0 aliphatic rings. The zero-order valence-corrected chi connectivity index (χ0v) is 20.8. The number of carbonyl (C=O) groups excluding carboxylic acids is 1. The molecule has 1 aromatic heterocycles. The molecule has 12 heteroatoms. The molecule has 0 spiro atoms. The molecule has 0 aliphatic carbocycles. The number of hydrogen-bond donors (Lipinski definition) is 2. The van der Waals surface area contributed by atoms with E-state index in [1.165, 1.54) is 19.1 Å². The lowest BCUT2D eigenvalue weighted by molar-refractivity contribution is -0.152. The second-order valence-corrected chi connectivity index (χ2v) is 8.67. The third-order valence-corrected chi connectivity index (χ3v) is 5.46. The van der Waals surface area contributed by atoms with Crippen molar-refractivity contribution in [3.63, 3.8) is 0 Å². The van der Waals surface area contributed by atoms with E-state index in [4.69, 9.17) is 16.3 Å². The number of rotatable bonds is 9. The number of methoxy groups -OCH3 is 1. The summed E-state index contributed by atoms with van der Waals surface area (Å²) in [6, 6.07) is 9.41. The van der Waals surface area contributed by atoms with E-state index in [0.717, 1.165) is 17.7 Å². The van der Waals surface area contributed by atoms with Gasteiger partial charge >= 0.3 is 17.3 Å². The highest BCUT2D eigenvalue weighted by atomic mass is 35.5. The average molecular weight is 521 g/mol. The number of aliphatic hydroxyl groups is 1. The molecule has 2 atom stereocenters. The number of nitrogens with zero attached hydrogens (tertiary/aromatic N) is 3. The standard InChI is InChI=1S/C24H26ClFN4O6/c1-13(2)36-19-10-9-17(11-18(19)26)27-22-28-23(33)30(14(3)20(31)21(32)35-4)24(34)29(22)12-15-5-7-16(25)8-6-15/h5-11,13-14,20,31H,12H2,1-4H3,(H,27,28,33). The molecule has 0 saturated carbocycles. The molecule has 1 heterocycles. The first-order chi connectivity index (χ1) is 17.0. The Hall–Kier alpha value is -3.70. The molecular weight excluding hydrogens is 495 g/mol. The Morgan fingerprint density at radius 1 is 1.17 bits per heavy atom. The second kappa shape index (κ2) is 11.4. The average Bonchev–Trinajstić information content (AvgIpc) is 2.83. The maximum absolute atomic E-state index is 14.5. The fourth-order valence-electron chi connectivity index (χ4n) is 3.38. The third kappa shape index (κ3) is 6.10. The van der Waals surface area contributed by atoms with Crippen molar-refractivity contribution in [2.24, 2.45) is 0 Å². The van der Waals surface area contributed by atoms with Gasteiger partial charge in [-0.1, -0.05) is 23.7 Å². The molecule has 192 valence electrons. The molecule has 2 N–H and O–H groups in total. The van der Waals surface area contributed by atoms with Crippen LogP contribution < -0.4 is 21.4 Å². The molecule has 36 heavy (non-hydrogen) atoms. The van der Waals surface area contributed by atoms with Gasteiger partial charge in [0.05, 0.1) is 25.8 Å². The largest absolute Gasteiger partial charge is 0.488 e. The molecule has 0 bridgehead atoms. The van der Waals surface area contributed by atoms with Crippen LogP contribution in [0.15, 0.2) is 52.1 Å². The van der Waals surface area contributed by atoms with Crippen LogP contribution in [0.5, 0.6) is 5.75 Å². The van der Waals surface area contributed by atoms with Gasteiger partial charge in [0.1, 0.15) is 0 Å². The molecule has 0 aliphatic heterocycles. The number of ether oxygens (including phenoxy) is 2. The van der Waals surface area contributed by atoms with Crippen molar-refractivity contribution in [3.8, 4) is 5.75 Å². The molecule has 3 aromatic rings. The van der Waals surface area contributed by atoms with Crippen LogP contribution >= 0.6 is 11.6 Å². The van der Waals surface area contributed by atoms with E-state index in [-0.39, 0.29) is 30.0 Å². The minimum atomic E-state index is -1.78. The number of carbonyl (C=O) groups is 1. The topological polar surface area (TPSA) is 125 Å². The summed E-state index contributed by atoms with van der Waals surface area (Å²) in [5.41, 5.74) is -1.03. The van der Waals surface area contributed by atoms with Crippen molar-refractivity contribution in [2.75, 3.05) is 12.4 Å². The summed E-state index contributed by atoms with van der Waals surface area (Å²) in [6.07, 6.45) is -2.02. The summed E-state index contributed by atoms with van der Waals surface area (Å²) in [4.78, 5) is 42.0. The zero-order valence-electron chi connectivity index (χ0n) is 20.1. The lowest BCUT2D eigenvalue weighted by atomic mass is 10.2. The lowest BCUT2D eigenvalue weighted by Crippen LogP contribution is -2.48. The Morgan fingerprint density at radius 2 is 1.83 bits per heavy atom. The highest BCUT2D eigenvalue weighted by Gasteiger charge is 2.29. The second-order valence-electron chi connectivity index (χ2n) is 8.23. The van der Waals surface area contributed by atoms with Crippen molar-refractivity contribution < 1.29 is 23.8 Å². The Morgan fingerprint density at radius 3 is 2.42 bits per heavy atom. The maximum Gasteiger partial charge on any atom is 0.355 e. The number of benzene rings is 2. The first kappa shape index (κ1) is 26.9. The van der Waals surface area contributed by atoms with Gasteiger partial charge in [-0.25, -0.2) is 23.3 Å². The van der Waals surface area contributed by atoms with E-state index in [1.54, 1.807) is 38.1 Å². The van der Waals surface area contributed by atoms with E-state index < -0.39 is 35.3 Å². The van der Waals surface area contributed by atoms with Crippen LogP contribution in [0.2, 0.25) is 5.02 Å². The Labute approximate surface area is 210 Å². The SMILES string of the molecule is COC(=O)C(O)C(C)n1c(=O)nc(Nc2ccc(OC(C)C)c(F)c2)n(Cc2ccc(Cl)cc2)c1=O. The number of aliphatic hydroxyl groups excluding tert-OH is 1. The third-order valence-electron chi connectivity index (χ3n) is 5.21. The van der Waals surface area contributed by atoms with Crippen molar-refractivity contribution in [2.45, 2.75) is 45.6 Å². The van der Waals surface area contributed by atoms with E-state index in [9.17, 15) is 23.9 Å². The van der Waals surface area contributed by atoms with Gasteiger partial charge in [0.25, 0.3) is 0 Å². The van der Waals surface area contributed by atoms with Gasteiger partial charge in [-0.3, -0.25) is 4.57 Å². The fourth-order valence-corrected chi connectivity index (χ4v) is 3.51. The minimum absolute atomic E-state index is 0.0445. The van der Waals surface area contributed by atoms with Gasteiger partial charge in [0, 0.05) is 16.8 Å². The highest BCUT2D eigenvalue weighted by Crippen LogP contribution is 2.24. The summed E-state index contributed by atoms with van der Waals surface area (Å²) in [5, 5.41) is 13.5. The number of anilines is 2. The molecule has 0 amide bonds. The summed E-state index contributed by atoms with van der Waals surface area (Å²) < 4.78 is 26.2. The number of hydrogen-bond acceptors (Lipinski definition) is 8. The summed E-state index contributed by atoms with van der Waals surface area (Å²) >= 11 is 5.95. The maximum atomic E-state index is 14.5. The van der Waals surface area contributed by atoms with Gasteiger partial charge in [0.15, 0.2) is 17.7 Å². The van der Waals surface area contributed by atoms with Crippen molar-refractivity contribution in [1.29, 1.82) is 0 Å². The number of aromatic nitrogens is 3. The quantitative estimate of drug-likeness (QED) is 0.413. The van der Waals surface area contributed by atoms with E-state index in [1.807, 2.05) is 0 Å². The van der Waals surface area contributed by atoms with Gasteiger partial charge in [0.2, 0.25) is 5.95 Å². The summed E-state index contributed by atoms with van der Waals surface area (Å²) in [7, 11) is 1.07. The van der Waals surface area contributed by atoms with Gasteiger partial charge in [-0.15, -0.1) is 0 Å². The van der Waals surface area contributed by atoms with Crippen LogP contribution in [-0.2, 0) is 16.1 Å². The van der Waals surface area contributed by atoms with Gasteiger partial charge in [-0.2, -0.15) is 4.98 Å². The summed E-state index contributed by atoms with van der Waals surface area (Å²) in [5.74, 6) is -1.79. The van der Waals surface area contributed by atoms with Crippen molar-refractivity contribution in [1.82, 2.24) is 14.1 Å². The number of esters is 1. The van der Waals surface area contributed by atoms with E-state index >= 15 is 0 Å². The minimum Gasteiger partial charge on any atom is -0.488 e. The van der Waals surface area contributed by atoms with Crippen molar-refractivity contribution >= 4 is 29.2 Å². The monoisotopic (exact) mass is 520 g/mol. The van der Waals surface area contributed by atoms with Crippen LogP contribution in [-0.4, -0.2) is 44.5 Å². The van der Waals surface area contributed by atoms with E-state index in [0.29, 0.717) is 15.2 Å². The van der Waals surface area contributed by atoms with Crippen LogP contribution in [0.1, 0.15) is 32.4 Å². The molecule has 3 rings (SSSR count). The fraction of sp³-hybridized carbons (Fsp3) is 0.333. The normalized spacial score (nSPS) is 12.8. The Balaban J connectivity index is 2.09. The van der Waals surface area contributed by atoms with Crippen LogP contribution in [0.3, 0.4) is 0 Å². The molecule has 0 fully saturated rings. The van der Waals surface area contributed by atoms with E-state index in [2.05, 4.69) is 15.0 Å². The predicted molar refractivity (Wildman–Crippen MR) is 131 cm³/mol. The molecule has 0 radical (unpaired) electrons. The first-order valence-corrected chi connectivity index (χ1v) is 11.4. The molecule has 2 unspecified atom stereocenters. The summed E-state index contributed by atoms with van der Waals surface area (Å²) in [6.45, 7) is 4.79. The van der Waals surface area contributed by atoms with Crippen LogP contribution in [0, 0.1) is 5.82 Å². The predicted octanol–water partition coefficient (Wildman–Crippen LogP) is 2.87. The van der Waals surface area contributed by atoms with Crippen molar-refractivity contribution in [3.05, 3.63) is 79.8 Å². The smallest absolute Gasteiger partial charge is 0.355 e. The Kier molecular flexibility index (Phi) is 8.49. The van der Waals surface area contributed by atoms with Gasteiger partial charge in [-0.05, 0) is 50.6 Å². The molecule has 0 saturated heterocycles. The molecular formula is C24H26ClFN4O6. The first-order valence-electron chi connectivity index (χ1n) is 11.0. The van der Waals surface area contributed by atoms with Gasteiger partial charge < -0.3 is 19.9 Å². The molecule has 10 nitrogen and oxygen atoms in total.